The summed E-state index contributed by atoms with van der Waals surface area (Å²) in [6.07, 6.45) is 3.55. The molecular weight excluding hydrogens is 587 g/mol. The largest absolute Gasteiger partial charge is 0.372 e. The van der Waals surface area contributed by atoms with Gasteiger partial charge < -0.3 is 20.9 Å². The smallest absolute Gasteiger partial charge is 0.294 e. The molecule has 4 aromatic rings. The van der Waals surface area contributed by atoms with Gasteiger partial charge in [-0.2, -0.15) is 0 Å². The summed E-state index contributed by atoms with van der Waals surface area (Å²) in [5.74, 6) is -1.56. The fourth-order valence-electron chi connectivity index (χ4n) is 5.49. The van der Waals surface area contributed by atoms with Crippen molar-refractivity contribution in [3.63, 3.8) is 0 Å². The van der Waals surface area contributed by atoms with Gasteiger partial charge in [-0.25, -0.2) is 9.37 Å². The van der Waals surface area contributed by atoms with Crippen molar-refractivity contribution >= 4 is 29.1 Å². The van der Waals surface area contributed by atoms with Crippen LogP contribution < -0.4 is 26.4 Å². The number of amides is 2. The third kappa shape index (κ3) is 6.89. The van der Waals surface area contributed by atoms with Crippen LogP contribution in [0.5, 0.6) is 0 Å². The van der Waals surface area contributed by atoms with Crippen molar-refractivity contribution < 1.29 is 18.8 Å². The Morgan fingerprint density at radius 3 is 2.30 bits per heavy atom. The summed E-state index contributed by atoms with van der Waals surface area (Å²) in [5.41, 5.74) is 3.99. The van der Waals surface area contributed by atoms with E-state index >= 15 is 0 Å². The summed E-state index contributed by atoms with van der Waals surface area (Å²) in [4.78, 5) is 59.5. The Labute approximate surface area is 266 Å². The Morgan fingerprint density at radius 1 is 0.935 bits per heavy atom. The van der Waals surface area contributed by atoms with Gasteiger partial charge in [0.05, 0.1) is 24.5 Å². The molecule has 1 fully saturated rings. The first-order chi connectivity index (χ1) is 22.1. The summed E-state index contributed by atoms with van der Waals surface area (Å²) in [6, 6.07) is 15.6. The standard InChI is InChI=1S/C35H37FN6O4/c1-21-7-8-25(34(45)38-4)18-29(21)30-19-39-32(40-33(44)22(2)37-3)35(46)42(30)20-23-15-26(17-28(16-23)41-13-5-6-14-41)31(43)24-9-11-27(36)12-10-24/h7-12,15-19,22,37H,5-6,13-14,20H2,1-4H3,(H,38,45)(H,39,40,44). The Kier molecular flexibility index (Phi) is 9.72. The number of carbonyl (C=O) groups excluding carboxylic acids is 3. The van der Waals surface area contributed by atoms with Gasteiger partial charge in [-0.1, -0.05) is 6.07 Å². The monoisotopic (exact) mass is 624 g/mol. The molecule has 1 aliphatic rings. The molecule has 1 aromatic heterocycles. The lowest BCUT2D eigenvalue weighted by Crippen LogP contribution is -2.38. The summed E-state index contributed by atoms with van der Waals surface area (Å²) in [7, 11) is 3.18. The number of halogens is 1. The number of rotatable bonds is 10. The lowest BCUT2D eigenvalue weighted by atomic mass is 9.99. The van der Waals surface area contributed by atoms with Crippen LogP contribution in [0.2, 0.25) is 0 Å². The molecule has 0 aliphatic carbocycles. The van der Waals surface area contributed by atoms with E-state index in [0.717, 1.165) is 37.2 Å². The molecule has 1 unspecified atom stereocenters. The molecule has 1 aliphatic heterocycles. The third-order valence-corrected chi connectivity index (χ3v) is 8.28. The number of anilines is 2. The fourth-order valence-corrected chi connectivity index (χ4v) is 5.49. The first-order valence-electron chi connectivity index (χ1n) is 15.2. The molecule has 2 heterocycles. The number of carbonyl (C=O) groups is 3. The van der Waals surface area contributed by atoms with Crippen molar-refractivity contribution in [3.8, 4) is 11.3 Å². The van der Waals surface area contributed by atoms with Crippen molar-refractivity contribution in [2.24, 2.45) is 0 Å². The van der Waals surface area contributed by atoms with Crippen molar-refractivity contribution in [3.05, 3.63) is 111 Å². The number of benzene rings is 3. The lowest BCUT2D eigenvalue weighted by molar-refractivity contribution is -0.117. The average molecular weight is 625 g/mol. The molecule has 0 saturated carbocycles. The van der Waals surface area contributed by atoms with Crippen molar-refractivity contribution in [2.75, 3.05) is 37.4 Å². The van der Waals surface area contributed by atoms with Crippen LogP contribution in [0.1, 0.15) is 57.2 Å². The van der Waals surface area contributed by atoms with Gasteiger partial charge in [-0.15, -0.1) is 0 Å². The summed E-state index contributed by atoms with van der Waals surface area (Å²) < 4.78 is 15.1. The number of hydrogen-bond donors (Lipinski definition) is 3. The molecular formula is C35H37FN6O4. The minimum absolute atomic E-state index is 0.0379. The maximum absolute atomic E-state index is 14.1. The maximum Gasteiger partial charge on any atom is 0.294 e. The summed E-state index contributed by atoms with van der Waals surface area (Å²) in [5, 5.41) is 8.10. The number of nitrogens with one attached hydrogen (secondary N) is 3. The molecule has 3 N–H and O–H groups in total. The first-order valence-corrected chi connectivity index (χ1v) is 15.2. The predicted molar refractivity (Wildman–Crippen MR) is 176 cm³/mol. The molecule has 10 nitrogen and oxygen atoms in total. The molecule has 11 heteroatoms. The number of hydrogen-bond acceptors (Lipinski definition) is 7. The zero-order chi connectivity index (χ0) is 33.0. The van der Waals surface area contributed by atoms with Gasteiger partial charge in [0, 0.05) is 48.1 Å². The molecule has 2 amide bonds. The first kappa shape index (κ1) is 32.2. The van der Waals surface area contributed by atoms with Gasteiger partial charge in [0.1, 0.15) is 5.82 Å². The summed E-state index contributed by atoms with van der Waals surface area (Å²) in [6.45, 7) is 5.24. The second-order valence-electron chi connectivity index (χ2n) is 11.4. The van der Waals surface area contributed by atoms with Crippen LogP contribution in [0.3, 0.4) is 0 Å². The molecule has 46 heavy (non-hydrogen) atoms. The highest BCUT2D eigenvalue weighted by Gasteiger charge is 2.21. The van der Waals surface area contributed by atoms with Crippen LogP contribution in [0.25, 0.3) is 11.3 Å². The Bertz CT molecular complexity index is 1850. The fraction of sp³-hybridized carbons (Fsp3) is 0.286. The molecule has 0 spiro atoms. The number of nitrogens with zero attached hydrogens (tertiary/aromatic N) is 3. The van der Waals surface area contributed by atoms with E-state index in [1.165, 1.54) is 35.0 Å². The van der Waals surface area contributed by atoms with Crippen molar-refractivity contribution in [2.45, 2.75) is 39.3 Å². The van der Waals surface area contributed by atoms with Gasteiger partial charge in [-0.05, 0) is 99.5 Å². The van der Waals surface area contributed by atoms with Crippen LogP contribution >= 0.6 is 0 Å². The quantitative estimate of drug-likeness (QED) is 0.227. The highest BCUT2D eigenvalue weighted by Crippen LogP contribution is 2.28. The minimum atomic E-state index is -0.571. The minimum Gasteiger partial charge on any atom is -0.372 e. The number of ketones is 1. The van der Waals surface area contributed by atoms with Gasteiger partial charge in [-0.3, -0.25) is 23.7 Å². The number of aromatic nitrogens is 2. The molecule has 238 valence electrons. The van der Waals surface area contributed by atoms with E-state index in [4.69, 9.17) is 0 Å². The average Bonchev–Trinajstić information content (AvgIpc) is 3.61. The van der Waals surface area contributed by atoms with Crippen LogP contribution in [0, 0.1) is 12.7 Å². The Morgan fingerprint density at radius 2 is 1.63 bits per heavy atom. The van der Waals surface area contributed by atoms with E-state index in [1.807, 2.05) is 19.1 Å². The molecule has 1 saturated heterocycles. The SMILES string of the molecule is CNC(=O)c1ccc(C)c(-c2cnc(NC(=O)C(C)NC)c(=O)n2Cc2cc(C(=O)c3ccc(F)cc3)cc(N3CCCC3)c2)c1. The van der Waals surface area contributed by atoms with E-state index in [2.05, 4.69) is 25.8 Å². The highest BCUT2D eigenvalue weighted by molar-refractivity contribution is 6.09. The highest BCUT2D eigenvalue weighted by atomic mass is 19.1. The molecule has 1 atom stereocenters. The topological polar surface area (TPSA) is 125 Å². The van der Waals surface area contributed by atoms with E-state index in [0.29, 0.717) is 33.5 Å². The Balaban J connectivity index is 1.66. The van der Waals surface area contributed by atoms with Gasteiger partial charge >= 0.3 is 0 Å². The number of aryl methyl sites for hydroxylation is 1. The molecule has 3 aromatic carbocycles. The lowest BCUT2D eigenvalue weighted by Gasteiger charge is -2.21. The van der Waals surface area contributed by atoms with E-state index in [-0.39, 0.29) is 24.1 Å². The van der Waals surface area contributed by atoms with Crippen molar-refractivity contribution in [1.82, 2.24) is 20.2 Å². The maximum atomic E-state index is 14.1. The van der Waals surface area contributed by atoms with Gasteiger partial charge in [0.2, 0.25) is 5.91 Å². The van der Waals surface area contributed by atoms with Crippen molar-refractivity contribution in [1.29, 1.82) is 0 Å². The van der Waals surface area contributed by atoms with E-state index < -0.39 is 23.3 Å². The van der Waals surface area contributed by atoms with Crippen LogP contribution in [0.4, 0.5) is 15.9 Å². The van der Waals surface area contributed by atoms with Gasteiger partial charge in [0.25, 0.3) is 11.5 Å². The third-order valence-electron chi connectivity index (χ3n) is 8.28. The van der Waals surface area contributed by atoms with E-state index in [9.17, 15) is 23.6 Å². The normalized spacial score (nSPS) is 13.4. The molecule has 0 radical (unpaired) electrons. The number of likely N-dealkylation sites (N-methyl/N-ethyl adjacent to an activating group) is 1. The second kappa shape index (κ2) is 13.9. The predicted octanol–water partition coefficient (Wildman–Crippen LogP) is 4.14. The second-order valence-corrected chi connectivity index (χ2v) is 11.4. The van der Waals surface area contributed by atoms with Crippen LogP contribution in [-0.4, -0.2) is 60.4 Å². The zero-order valence-electron chi connectivity index (χ0n) is 26.3. The van der Waals surface area contributed by atoms with Crippen LogP contribution in [0.15, 0.2) is 71.7 Å². The molecule has 5 rings (SSSR count). The van der Waals surface area contributed by atoms with E-state index in [1.54, 1.807) is 45.3 Å². The van der Waals surface area contributed by atoms with Crippen LogP contribution in [-0.2, 0) is 11.3 Å². The zero-order valence-corrected chi connectivity index (χ0v) is 26.3. The Hall–Kier alpha value is -5.16. The molecule has 0 bridgehead atoms. The van der Waals surface area contributed by atoms with Gasteiger partial charge in [0.15, 0.2) is 11.6 Å². The summed E-state index contributed by atoms with van der Waals surface area (Å²) >= 11 is 0.